The van der Waals surface area contributed by atoms with Crippen molar-refractivity contribution in [1.29, 1.82) is 0 Å². The molecule has 30 heavy (non-hydrogen) atoms. The van der Waals surface area contributed by atoms with Crippen LogP contribution >= 0.6 is 0 Å². The van der Waals surface area contributed by atoms with Gasteiger partial charge >= 0.3 is 6.03 Å². The number of hydrogen-bond donors (Lipinski definition) is 1. The monoisotopic (exact) mass is 409 g/mol. The summed E-state index contributed by atoms with van der Waals surface area (Å²) in [5.74, 6) is 0.366. The molecule has 2 aliphatic heterocycles. The van der Waals surface area contributed by atoms with Gasteiger partial charge < -0.3 is 15.1 Å². The summed E-state index contributed by atoms with van der Waals surface area (Å²) < 4.78 is 1.80. The number of rotatable bonds is 4. The first-order valence-corrected chi connectivity index (χ1v) is 11.1. The lowest BCUT2D eigenvalue weighted by Gasteiger charge is -2.34. The molecule has 7 heteroatoms. The van der Waals surface area contributed by atoms with E-state index in [0.29, 0.717) is 25.5 Å². The number of carbonyl (C=O) groups is 2. The molecule has 0 bridgehead atoms. The van der Waals surface area contributed by atoms with Gasteiger partial charge in [-0.05, 0) is 49.4 Å². The summed E-state index contributed by atoms with van der Waals surface area (Å²) in [7, 11) is 0. The molecule has 1 N–H and O–H groups in total. The minimum absolute atomic E-state index is 0.0554. The third-order valence-electron chi connectivity index (χ3n) is 6.17. The molecule has 2 saturated heterocycles. The summed E-state index contributed by atoms with van der Waals surface area (Å²) in [6, 6.07) is 9.82. The fraction of sp³-hybridized carbons (Fsp3) is 0.522. The summed E-state index contributed by atoms with van der Waals surface area (Å²) in [6.45, 7) is 3.56. The van der Waals surface area contributed by atoms with Crippen molar-refractivity contribution in [3.05, 3.63) is 48.3 Å². The average Bonchev–Trinajstić information content (AvgIpc) is 3.20. The summed E-state index contributed by atoms with van der Waals surface area (Å²) in [5.41, 5.74) is 2.00. The van der Waals surface area contributed by atoms with Crippen LogP contribution in [-0.4, -0.2) is 57.7 Å². The molecule has 4 rings (SSSR count). The van der Waals surface area contributed by atoms with Gasteiger partial charge in [0.05, 0.1) is 5.69 Å². The molecular formula is C23H31N5O2. The highest BCUT2D eigenvalue weighted by Gasteiger charge is 2.30. The minimum Gasteiger partial charge on any atom is -0.342 e. The lowest BCUT2D eigenvalue weighted by molar-refractivity contribution is -0.136. The average molecular weight is 410 g/mol. The van der Waals surface area contributed by atoms with Crippen LogP contribution in [0, 0.1) is 5.92 Å². The van der Waals surface area contributed by atoms with Crippen molar-refractivity contribution >= 4 is 11.9 Å². The first-order chi connectivity index (χ1) is 14.7. The number of piperidine rings is 1. The van der Waals surface area contributed by atoms with Crippen LogP contribution in [0.15, 0.2) is 42.7 Å². The number of carbonyl (C=O) groups excluding carboxylic acids is 2. The maximum Gasteiger partial charge on any atom is 0.317 e. The van der Waals surface area contributed by atoms with Crippen LogP contribution in [0.5, 0.6) is 0 Å². The standard InChI is InChI=1S/C23H31N5O2/c29-22(26-12-3-1-2-4-13-26)20-9-15-27(16-10-20)23(30)24-18-19-7-5-8-21(17-19)28-14-6-11-25-28/h5-8,11,14,17,20H,1-4,9-10,12-13,15-16,18H2,(H,24,30). The van der Waals surface area contributed by atoms with Crippen LogP contribution in [-0.2, 0) is 11.3 Å². The number of amides is 3. The van der Waals surface area contributed by atoms with E-state index in [1.54, 1.807) is 10.9 Å². The molecule has 3 amide bonds. The van der Waals surface area contributed by atoms with E-state index in [1.807, 2.05) is 41.4 Å². The first kappa shape index (κ1) is 20.4. The molecule has 0 spiro atoms. The van der Waals surface area contributed by atoms with Crippen molar-refractivity contribution in [2.75, 3.05) is 26.2 Å². The molecule has 0 radical (unpaired) electrons. The number of nitrogens with zero attached hydrogens (tertiary/aromatic N) is 4. The molecule has 7 nitrogen and oxygen atoms in total. The van der Waals surface area contributed by atoms with Gasteiger partial charge in [0.2, 0.25) is 5.91 Å². The Morgan fingerprint density at radius 2 is 1.73 bits per heavy atom. The second-order valence-electron chi connectivity index (χ2n) is 8.28. The van der Waals surface area contributed by atoms with E-state index in [4.69, 9.17) is 0 Å². The Kier molecular flexibility index (Phi) is 6.67. The number of nitrogens with one attached hydrogen (secondary N) is 1. The third kappa shape index (κ3) is 5.01. The van der Waals surface area contributed by atoms with Crippen molar-refractivity contribution in [3.8, 4) is 5.69 Å². The molecule has 2 aromatic rings. The third-order valence-corrected chi connectivity index (χ3v) is 6.17. The highest BCUT2D eigenvalue weighted by Crippen LogP contribution is 2.22. The molecule has 1 aromatic heterocycles. The van der Waals surface area contributed by atoms with Crippen molar-refractivity contribution in [2.24, 2.45) is 5.92 Å². The predicted octanol–water partition coefficient (Wildman–Crippen LogP) is 3.20. The second-order valence-corrected chi connectivity index (χ2v) is 8.28. The number of urea groups is 1. The highest BCUT2D eigenvalue weighted by atomic mass is 16.2. The van der Waals surface area contributed by atoms with Crippen molar-refractivity contribution < 1.29 is 9.59 Å². The van der Waals surface area contributed by atoms with Gasteiger partial charge in [-0.1, -0.05) is 25.0 Å². The van der Waals surface area contributed by atoms with Crippen LogP contribution in [0.1, 0.15) is 44.1 Å². The van der Waals surface area contributed by atoms with Gasteiger partial charge in [0, 0.05) is 51.0 Å². The maximum absolute atomic E-state index is 12.8. The van der Waals surface area contributed by atoms with E-state index in [1.165, 1.54) is 12.8 Å². The van der Waals surface area contributed by atoms with E-state index in [9.17, 15) is 9.59 Å². The van der Waals surface area contributed by atoms with Crippen LogP contribution < -0.4 is 5.32 Å². The van der Waals surface area contributed by atoms with Crippen LogP contribution in [0.3, 0.4) is 0 Å². The van der Waals surface area contributed by atoms with Gasteiger partial charge in [-0.25, -0.2) is 9.48 Å². The molecule has 2 fully saturated rings. The van der Waals surface area contributed by atoms with Crippen molar-refractivity contribution in [2.45, 2.75) is 45.1 Å². The molecule has 2 aliphatic rings. The molecule has 0 unspecified atom stereocenters. The van der Waals surface area contributed by atoms with Crippen LogP contribution in [0.25, 0.3) is 5.69 Å². The largest absolute Gasteiger partial charge is 0.342 e. The summed E-state index contributed by atoms with van der Waals surface area (Å²) in [5, 5.41) is 7.27. The fourth-order valence-corrected chi connectivity index (χ4v) is 4.40. The van der Waals surface area contributed by atoms with Gasteiger partial charge in [-0.15, -0.1) is 0 Å². The summed E-state index contributed by atoms with van der Waals surface area (Å²) in [4.78, 5) is 29.3. The minimum atomic E-state index is -0.0554. The molecule has 0 saturated carbocycles. The predicted molar refractivity (Wildman–Crippen MR) is 115 cm³/mol. The zero-order chi connectivity index (χ0) is 20.8. The second kappa shape index (κ2) is 9.78. The SMILES string of the molecule is O=C(NCc1cccc(-n2cccn2)c1)N1CCC(C(=O)N2CCCCCC2)CC1. The van der Waals surface area contributed by atoms with Gasteiger partial charge in [-0.3, -0.25) is 4.79 Å². The Labute approximate surface area is 178 Å². The molecular weight excluding hydrogens is 378 g/mol. The highest BCUT2D eigenvalue weighted by molar-refractivity contribution is 5.80. The van der Waals surface area contributed by atoms with E-state index in [-0.39, 0.29) is 11.9 Å². The van der Waals surface area contributed by atoms with E-state index < -0.39 is 0 Å². The molecule has 3 heterocycles. The van der Waals surface area contributed by atoms with Crippen molar-refractivity contribution in [1.82, 2.24) is 24.9 Å². The van der Waals surface area contributed by atoms with E-state index >= 15 is 0 Å². The van der Waals surface area contributed by atoms with Gasteiger partial charge in [0.1, 0.15) is 0 Å². The molecule has 1 aromatic carbocycles. The van der Waals surface area contributed by atoms with Gasteiger partial charge in [0.25, 0.3) is 0 Å². The van der Waals surface area contributed by atoms with Crippen LogP contribution in [0.2, 0.25) is 0 Å². The van der Waals surface area contributed by atoms with Crippen LogP contribution in [0.4, 0.5) is 4.79 Å². The Balaban J connectivity index is 1.25. The zero-order valence-electron chi connectivity index (χ0n) is 17.5. The first-order valence-electron chi connectivity index (χ1n) is 11.1. The maximum atomic E-state index is 12.8. The smallest absolute Gasteiger partial charge is 0.317 e. The van der Waals surface area contributed by atoms with E-state index in [2.05, 4.69) is 15.3 Å². The number of benzene rings is 1. The summed E-state index contributed by atoms with van der Waals surface area (Å²) in [6.07, 6.45) is 9.86. The Hall–Kier alpha value is -2.83. The van der Waals surface area contributed by atoms with E-state index in [0.717, 1.165) is 50.0 Å². The zero-order valence-corrected chi connectivity index (χ0v) is 17.5. The van der Waals surface area contributed by atoms with Gasteiger partial charge in [0.15, 0.2) is 0 Å². The summed E-state index contributed by atoms with van der Waals surface area (Å²) >= 11 is 0. The lowest BCUT2D eigenvalue weighted by atomic mass is 9.95. The molecule has 0 atom stereocenters. The molecule has 0 aliphatic carbocycles. The number of hydrogen-bond acceptors (Lipinski definition) is 3. The van der Waals surface area contributed by atoms with Gasteiger partial charge in [-0.2, -0.15) is 5.10 Å². The quantitative estimate of drug-likeness (QED) is 0.843. The Morgan fingerprint density at radius 3 is 2.43 bits per heavy atom. The number of likely N-dealkylation sites (tertiary alicyclic amines) is 2. The fourth-order valence-electron chi connectivity index (χ4n) is 4.40. The Bertz CT molecular complexity index is 835. The topological polar surface area (TPSA) is 70.5 Å². The Morgan fingerprint density at radius 1 is 0.967 bits per heavy atom. The number of aromatic nitrogens is 2. The lowest BCUT2D eigenvalue weighted by Crippen LogP contribution is -2.47. The molecule has 160 valence electrons. The normalized spacial score (nSPS) is 18.1. The van der Waals surface area contributed by atoms with Crippen molar-refractivity contribution in [3.63, 3.8) is 0 Å².